The Morgan fingerprint density at radius 2 is 1.89 bits per heavy atom. The monoisotopic (exact) mass is 265 g/mol. The first-order valence-corrected chi connectivity index (χ1v) is 7.91. The highest BCUT2D eigenvalue weighted by molar-refractivity contribution is 5.21. The molecule has 0 fully saturated rings. The fraction of sp³-hybridized carbons (Fsp3) is 0.812. The minimum Gasteiger partial charge on any atom is -0.310 e. The number of hydrogen-bond acceptors (Lipinski definition) is 2. The molecular formula is C16H31N3. The first-order chi connectivity index (χ1) is 9.15. The Bertz CT molecular complexity index is 353. The second kappa shape index (κ2) is 8.36. The highest BCUT2D eigenvalue weighted by atomic mass is 15.3. The molecule has 19 heavy (non-hydrogen) atoms. The Morgan fingerprint density at radius 1 is 1.21 bits per heavy atom. The van der Waals surface area contributed by atoms with Gasteiger partial charge in [0.2, 0.25) is 0 Å². The lowest BCUT2D eigenvalue weighted by Crippen LogP contribution is -2.25. The molecule has 3 nitrogen and oxygen atoms in total. The SMILES string of the molecule is CCCNC(CC(CC)CC)c1cn(C)nc1CC. The van der Waals surface area contributed by atoms with Gasteiger partial charge in [-0.1, -0.05) is 40.5 Å². The second-order valence-corrected chi connectivity index (χ2v) is 5.48. The topological polar surface area (TPSA) is 29.9 Å². The molecule has 0 amide bonds. The summed E-state index contributed by atoms with van der Waals surface area (Å²) >= 11 is 0. The van der Waals surface area contributed by atoms with Gasteiger partial charge in [0.25, 0.3) is 0 Å². The molecule has 0 spiro atoms. The summed E-state index contributed by atoms with van der Waals surface area (Å²) in [5, 5.41) is 8.31. The van der Waals surface area contributed by atoms with Crippen molar-refractivity contribution in [1.82, 2.24) is 15.1 Å². The third kappa shape index (κ3) is 4.64. The molecule has 0 aromatic carbocycles. The summed E-state index contributed by atoms with van der Waals surface area (Å²) < 4.78 is 1.96. The molecular weight excluding hydrogens is 234 g/mol. The van der Waals surface area contributed by atoms with E-state index in [2.05, 4.69) is 44.3 Å². The van der Waals surface area contributed by atoms with Gasteiger partial charge in [-0.2, -0.15) is 5.10 Å². The van der Waals surface area contributed by atoms with Crippen LogP contribution in [0.1, 0.15) is 70.7 Å². The summed E-state index contributed by atoms with van der Waals surface area (Å²) in [5.74, 6) is 0.805. The van der Waals surface area contributed by atoms with E-state index in [1.54, 1.807) is 0 Å². The molecule has 3 heteroatoms. The van der Waals surface area contributed by atoms with E-state index >= 15 is 0 Å². The molecule has 0 aliphatic carbocycles. The van der Waals surface area contributed by atoms with Crippen molar-refractivity contribution in [2.75, 3.05) is 6.54 Å². The van der Waals surface area contributed by atoms with E-state index in [4.69, 9.17) is 0 Å². The maximum atomic E-state index is 4.59. The van der Waals surface area contributed by atoms with Crippen LogP contribution < -0.4 is 5.32 Å². The van der Waals surface area contributed by atoms with Crippen LogP contribution in [0.15, 0.2) is 6.20 Å². The highest BCUT2D eigenvalue weighted by Gasteiger charge is 2.20. The normalized spacial score (nSPS) is 13.2. The van der Waals surface area contributed by atoms with E-state index in [1.807, 2.05) is 11.7 Å². The quantitative estimate of drug-likeness (QED) is 0.735. The lowest BCUT2D eigenvalue weighted by molar-refractivity contribution is 0.370. The van der Waals surface area contributed by atoms with Crippen molar-refractivity contribution >= 4 is 0 Å². The summed E-state index contributed by atoms with van der Waals surface area (Å²) in [6, 6.07) is 0.466. The third-order valence-electron chi connectivity index (χ3n) is 4.01. The summed E-state index contributed by atoms with van der Waals surface area (Å²) in [4.78, 5) is 0. The molecule has 0 aliphatic heterocycles. The van der Waals surface area contributed by atoms with E-state index < -0.39 is 0 Å². The maximum absolute atomic E-state index is 4.59. The molecule has 1 N–H and O–H groups in total. The molecule has 0 saturated carbocycles. The second-order valence-electron chi connectivity index (χ2n) is 5.48. The Balaban J connectivity index is 2.87. The van der Waals surface area contributed by atoms with Gasteiger partial charge in [0, 0.05) is 24.8 Å². The van der Waals surface area contributed by atoms with Crippen molar-refractivity contribution in [3.8, 4) is 0 Å². The Morgan fingerprint density at radius 3 is 2.42 bits per heavy atom. The summed E-state index contributed by atoms with van der Waals surface area (Å²) in [7, 11) is 2.02. The molecule has 1 aromatic heterocycles. The predicted molar refractivity (Wildman–Crippen MR) is 82.3 cm³/mol. The number of nitrogens with zero attached hydrogens (tertiary/aromatic N) is 2. The van der Waals surface area contributed by atoms with Gasteiger partial charge in [0.05, 0.1) is 5.69 Å². The zero-order valence-electron chi connectivity index (χ0n) is 13.4. The maximum Gasteiger partial charge on any atom is 0.0669 e. The van der Waals surface area contributed by atoms with Gasteiger partial charge in [-0.05, 0) is 31.7 Å². The largest absolute Gasteiger partial charge is 0.310 e. The molecule has 1 unspecified atom stereocenters. The van der Waals surface area contributed by atoms with E-state index in [9.17, 15) is 0 Å². The minimum atomic E-state index is 0.466. The first-order valence-electron chi connectivity index (χ1n) is 7.91. The number of aryl methyl sites for hydroxylation is 2. The minimum absolute atomic E-state index is 0.466. The van der Waals surface area contributed by atoms with Crippen LogP contribution in [-0.4, -0.2) is 16.3 Å². The highest BCUT2D eigenvalue weighted by Crippen LogP contribution is 2.27. The summed E-state index contributed by atoms with van der Waals surface area (Å²) in [5.41, 5.74) is 2.66. The van der Waals surface area contributed by atoms with Crippen LogP contribution in [0.5, 0.6) is 0 Å². The third-order valence-corrected chi connectivity index (χ3v) is 4.01. The summed E-state index contributed by atoms with van der Waals surface area (Å²) in [6.45, 7) is 10.1. The molecule has 1 aromatic rings. The molecule has 0 bridgehead atoms. The van der Waals surface area contributed by atoms with Crippen LogP contribution in [0.2, 0.25) is 0 Å². The average molecular weight is 265 g/mol. The van der Waals surface area contributed by atoms with Crippen molar-refractivity contribution in [3.63, 3.8) is 0 Å². The molecule has 0 radical (unpaired) electrons. The van der Waals surface area contributed by atoms with Crippen molar-refractivity contribution < 1.29 is 0 Å². The van der Waals surface area contributed by atoms with E-state index in [0.29, 0.717) is 6.04 Å². The number of aromatic nitrogens is 2. The first kappa shape index (κ1) is 16.2. The van der Waals surface area contributed by atoms with Crippen molar-refractivity contribution in [2.24, 2.45) is 13.0 Å². The van der Waals surface area contributed by atoms with Gasteiger partial charge in [-0.15, -0.1) is 0 Å². The van der Waals surface area contributed by atoms with Crippen LogP contribution in [0.25, 0.3) is 0 Å². The zero-order chi connectivity index (χ0) is 14.3. The van der Waals surface area contributed by atoms with Gasteiger partial charge in [-0.25, -0.2) is 0 Å². The lowest BCUT2D eigenvalue weighted by Gasteiger charge is -2.23. The number of nitrogens with one attached hydrogen (secondary N) is 1. The van der Waals surface area contributed by atoms with Gasteiger partial charge in [0.1, 0.15) is 0 Å². The summed E-state index contributed by atoms with van der Waals surface area (Å²) in [6.07, 6.45) is 8.16. The molecule has 0 aliphatic rings. The van der Waals surface area contributed by atoms with Crippen molar-refractivity contribution in [1.29, 1.82) is 0 Å². The molecule has 0 saturated heterocycles. The van der Waals surface area contributed by atoms with Crippen LogP contribution in [0.4, 0.5) is 0 Å². The number of rotatable bonds is 9. The molecule has 110 valence electrons. The lowest BCUT2D eigenvalue weighted by atomic mass is 9.91. The number of hydrogen-bond donors (Lipinski definition) is 1. The van der Waals surface area contributed by atoms with Gasteiger partial charge < -0.3 is 5.32 Å². The van der Waals surface area contributed by atoms with Gasteiger partial charge in [-0.3, -0.25) is 4.68 Å². The Hall–Kier alpha value is -0.830. The standard InChI is InChI=1S/C16H31N3/c1-6-10-17-16(11-13(7-2)8-3)14-12-19(5)18-15(14)9-4/h12-13,16-17H,6-11H2,1-5H3. The van der Waals surface area contributed by atoms with Crippen LogP contribution in [-0.2, 0) is 13.5 Å². The van der Waals surface area contributed by atoms with Crippen LogP contribution in [0.3, 0.4) is 0 Å². The van der Waals surface area contributed by atoms with Crippen molar-refractivity contribution in [3.05, 3.63) is 17.5 Å². The Kier molecular flexibility index (Phi) is 7.14. The van der Waals surface area contributed by atoms with Gasteiger partial charge >= 0.3 is 0 Å². The smallest absolute Gasteiger partial charge is 0.0669 e. The van der Waals surface area contributed by atoms with E-state index in [0.717, 1.165) is 18.9 Å². The fourth-order valence-corrected chi connectivity index (χ4v) is 2.71. The van der Waals surface area contributed by atoms with Crippen molar-refractivity contribution in [2.45, 2.75) is 65.8 Å². The van der Waals surface area contributed by atoms with Gasteiger partial charge in [0.15, 0.2) is 0 Å². The predicted octanol–water partition coefficient (Wildman–Crippen LogP) is 3.85. The van der Waals surface area contributed by atoms with E-state index in [1.165, 1.54) is 36.9 Å². The average Bonchev–Trinajstić information content (AvgIpc) is 2.80. The van der Waals surface area contributed by atoms with Crippen LogP contribution in [0, 0.1) is 5.92 Å². The Labute approximate surface area is 118 Å². The van der Waals surface area contributed by atoms with E-state index in [-0.39, 0.29) is 0 Å². The zero-order valence-corrected chi connectivity index (χ0v) is 13.4. The molecule has 1 atom stereocenters. The molecule has 1 heterocycles. The van der Waals surface area contributed by atoms with Crippen LogP contribution >= 0.6 is 0 Å². The molecule has 1 rings (SSSR count). The fourth-order valence-electron chi connectivity index (χ4n) is 2.71.